The molecule has 0 radical (unpaired) electrons. The number of para-hydroxylation sites is 2. The second-order valence-corrected chi connectivity index (χ2v) is 14.9. The average Bonchev–Trinajstić information content (AvgIpc) is 3.61. The van der Waals surface area contributed by atoms with Crippen LogP contribution in [0.3, 0.4) is 0 Å². The number of ether oxygens (including phenoxy) is 1. The SMILES string of the molecule is CCCCCC(=O)NCCC(=O)Nc1ccccc1OC(C(=O)NC(C)(C)C(C)(C)c1nnc2c(Cl)c(C(C)(C)C)[nH]n12)c1ccccc1. The topological polar surface area (TPSA) is 143 Å². The van der Waals surface area contributed by atoms with Gasteiger partial charge < -0.3 is 20.7 Å². The fraction of sp³-hybridized carbons (Fsp3) is 0.486. The minimum Gasteiger partial charge on any atom is -0.474 e. The third-order valence-corrected chi connectivity index (χ3v) is 9.40. The van der Waals surface area contributed by atoms with Gasteiger partial charge in [0.1, 0.15) is 10.8 Å². The van der Waals surface area contributed by atoms with Crippen LogP contribution in [0.4, 0.5) is 5.69 Å². The Hall–Kier alpha value is -4.38. The van der Waals surface area contributed by atoms with Gasteiger partial charge in [-0.2, -0.15) is 0 Å². The minimum absolute atomic E-state index is 0.0624. The van der Waals surface area contributed by atoms with E-state index in [9.17, 15) is 14.4 Å². The number of aromatic amines is 1. The Morgan fingerprint density at radius 1 is 0.898 bits per heavy atom. The molecule has 49 heavy (non-hydrogen) atoms. The first-order valence-electron chi connectivity index (χ1n) is 16.9. The summed E-state index contributed by atoms with van der Waals surface area (Å²) in [7, 11) is 0. The minimum atomic E-state index is -1.05. The van der Waals surface area contributed by atoms with Crippen LogP contribution in [-0.4, -0.2) is 49.6 Å². The number of nitrogens with zero attached hydrogens (tertiary/aromatic N) is 3. The van der Waals surface area contributed by atoms with Gasteiger partial charge in [-0.3, -0.25) is 19.5 Å². The van der Waals surface area contributed by atoms with Crippen LogP contribution in [-0.2, 0) is 25.2 Å². The molecule has 2 aromatic heterocycles. The predicted octanol–water partition coefficient (Wildman–Crippen LogP) is 7.03. The van der Waals surface area contributed by atoms with Crippen molar-refractivity contribution in [1.29, 1.82) is 0 Å². The summed E-state index contributed by atoms with van der Waals surface area (Å²) in [6, 6.07) is 16.2. The largest absolute Gasteiger partial charge is 0.474 e. The number of carbonyl (C=O) groups excluding carboxylic acids is 3. The average molecular weight is 692 g/mol. The molecule has 0 saturated carbocycles. The van der Waals surface area contributed by atoms with Gasteiger partial charge in [0.15, 0.2) is 11.5 Å². The van der Waals surface area contributed by atoms with Crippen molar-refractivity contribution in [3.8, 4) is 5.75 Å². The van der Waals surface area contributed by atoms with E-state index in [2.05, 4.69) is 58.9 Å². The van der Waals surface area contributed by atoms with Crippen molar-refractivity contribution in [3.63, 3.8) is 0 Å². The number of nitrogens with one attached hydrogen (secondary N) is 4. The normalized spacial score (nSPS) is 12.8. The summed E-state index contributed by atoms with van der Waals surface area (Å²) in [5, 5.41) is 21.7. The maximum atomic E-state index is 14.2. The van der Waals surface area contributed by atoms with Crippen molar-refractivity contribution >= 4 is 40.7 Å². The van der Waals surface area contributed by atoms with E-state index in [1.165, 1.54) is 0 Å². The Morgan fingerprint density at radius 3 is 2.24 bits per heavy atom. The molecule has 0 spiro atoms. The number of fused-ring (bicyclic) bond motifs is 1. The Bertz CT molecular complexity index is 1760. The number of carbonyl (C=O) groups is 3. The summed E-state index contributed by atoms with van der Waals surface area (Å²) in [5.41, 5.74) is 0.559. The van der Waals surface area contributed by atoms with Gasteiger partial charge in [0.2, 0.25) is 17.9 Å². The lowest BCUT2D eigenvalue weighted by atomic mass is 9.73. The molecule has 264 valence electrons. The Morgan fingerprint density at radius 2 is 1.57 bits per heavy atom. The maximum absolute atomic E-state index is 14.2. The molecule has 2 aromatic carbocycles. The lowest BCUT2D eigenvalue weighted by Crippen LogP contribution is -2.58. The van der Waals surface area contributed by atoms with Crippen LogP contribution in [0.1, 0.15) is 111 Å². The van der Waals surface area contributed by atoms with E-state index in [0.717, 1.165) is 25.0 Å². The molecule has 0 fully saturated rings. The van der Waals surface area contributed by atoms with Gasteiger partial charge in [-0.05, 0) is 32.4 Å². The summed E-state index contributed by atoms with van der Waals surface area (Å²) in [6.07, 6.45) is 2.35. The summed E-state index contributed by atoms with van der Waals surface area (Å²) < 4.78 is 8.21. The van der Waals surface area contributed by atoms with Crippen LogP contribution in [0.15, 0.2) is 54.6 Å². The van der Waals surface area contributed by atoms with Crippen LogP contribution in [0.5, 0.6) is 5.75 Å². The second-order valence-electron chi connectivity index (χ2n) is 14.5. The third kappa shape index (κ3) is 8.81. The predicted molar refractivity (Wildman–Crippen MR) is 193 cm³/mol. The molecule has 4 N–H and O–H groups in total. The number of hydrogen-bond acceptors (Lipinski definition) is 6. The van der Waals surface area contributed by atoms with E-state index < -0.39 is 17.1 Å². The fourth-order valence-corrected chi connectivity index (χ4v) is 5.82. The number of halogens is 1. The van der Waals surface area contributed by atoms with Gasteiger partial charge in [0.25, 0.3) is 5.91 Å². The first-order valence-corrected chi connectivity index (χ1v) is 17.3. The molecule has 4 aromatic rings. The molecular formula is C37H50ClN7O4. The monoisotopic (exact) mass is 691 g/mol. The van der Waals surface area contributed by atoms with Crippen molar-refractivity contribution in [2.75, 3.05) is 11.9 Å². The van der Waals surface area contributed by atoms with Crippen LogP contribution < -0.4 is 20.7 Å². The lowest BCUT2D eigenvalue weighted by molar-refractivity contribution is -0.130. The molecule has 1 atom stereocenters. The standard InChI is InChI=1S/C37H50ClN7O4/c1-9-10-12-21-27(46)39-23-22-28(47)40-25-19-15-16-20-26(25)49-30(24-17-13-11-14-18-24)33(48)41-37(7,8)36(5,6)34-43-42-32-29(38)31(35(2,3)4)44-45(32)34/h11,13-20,30,44H,9-10,12,21-23H2,1-8H3,(H,39,46)(H,40,47)(H,41,48). The number of H-pyrrole nitrogens is 1. The van der Waals surface area contributed by atoms with E-state index in [1.54, 1.807) is 28.8 Å². The lowest BCUT2D eigenvalue weighted by Gasteiger charge is -2.41. The zero-order valence-corrected chi connectivity index (χ0v) is 30.6. The highest BCUT2D eigenvalue weighted by atomic mass is 35.5. The molecule has 0 saturated heterocycles. The van der Waals surface area contributed by atoms with Gasteiger partial charge in [-0.15, -0.1) is 10.2 Å². The molecule has 11 nitrogen and oxygen atoms in total. The molecule has 2 heterocycles. The summed E-state index contributed by atoms with van der Waals surface area (Å²) >= 11 is 6.71. The highest BCUT2D eigenvalue weighted by molar-refractivity contribution is 6.34. The van der Waals surface area contributed by atoms with Gasteiger partial charge in [-0.1, -0.05) is 108 Å². The zero-order chi connectivity index (χ0) is 36.0. The molecular weight excluding hydrogens is 642 g/mol. The van der Waals surface area contributed by atoms with Crippen LogP contribution in [0.25, 0.3) is 5.65 Å². The van der Waals surface area contributed by atoms with E-state index >= 15 is 0 Å². The number of hydrogen-bond donors (Lipinski definition) is 4. The van der Waals surface area contributed by atoms with E-state index in [0.29, 0.717) is 39.9 Å². The molecule has 3 amide bonds. The Balaban J connectivity index is 1.53. The summed E-state index contributed by atoms with van der Waals surface area (Å²) in [4.78, 5) is 39.1. The van der Waals surface area contributed by atoms with E-state index in [4.69, 9.17) is 16.3 Å². The molecule has 4 rings (SSSR count). The highest BCUT2D eigenvalue weighted by Crippen LogP contribution is 2.38. The Labute approximate surface area is 293 Å². The third-order valence-electron chi connectivity index (χ3n) is 9.04. The second kappa shape index (κ2) is 15.4. The fourth-order valence-electron chi connectivity index (χ4n) is 5.37. The number of rotatable bonds is 15. The number of benzene rings is 2. The van der Waals surface area contributed by atoms with Crippen LogP contribution >= 0.6 is 11.6 Å². The summed E-state index contributed by atoms with van der Waals surface area (Å²) in [5.74, 6) is 0.208. The highest BCUT2D eigenvalue weighted by Gasteiger charge is 2.45. The van der Waals surface area contributed by atoms with Crippen molar-refractivity contribution in [2.45, 2.75) is 110 Å². The molecule has 0 aliphatic heterocycles. The quantitative estimate of drug-likeness (QED) is 0.0987. The number of anilines is 1. The number of amides is 3. The van der Waals surface area contributed by atoms with Gasteiger partial charge in [-0.25, -0.2) is 4.52 Å². The first-order chi connectivity index (χ1) is 23.1. The van der Waals surface area contributed by atoms with E-state index in [-0.39, 0.29) is 36.1 Å². The molecule has 12 heteroatoms. The van der Waals surface area contributed by atoms with Crippen molar-refractivity contribution in [2.24, 2.45) is 0 Å². The van der Waals surface area contributed by atoms with Crippen LogP contribution in [0, 0.1) is 0 Å². The Kier molecular flexibility index (Phi) is 11.8. The van der Waals surface area contributed by atoms with Gasteiger partial charge in [0, 0.05) is 41.3 Å². The van der Waals surface area contributed by atoms with E-state index in [1.807, 2.05) is 58.0 Å². The molecule has 1 unspecified atom stereocenters. The van der Waals surface area contributed by atoms with Crippen molar-refractivity contribution < 1.29 is 19.1 Å². The zero-order valence-electron chi connectivity index (χ0n) is 29.9. The maximum Gasteiger partial charge on any atom is 0.266 e. The molecule has 0 bridgehead atoms. The van der Waals surface area contributed by atoms with Crippen LogP contribution in [0.2, 0.25) is 5.02 Å². The van der Waals surface area contributed by atoms with Crippen molar-refractivity contribution in [3.05, 3.63) is 76.7 Å². The van der Waals surface area contributed by atoms with Gasteiger partial charge >= 0.3 is 0 Å². The summed E-state index contributed by atoms with van der Waals surface area (Å²) in [6.45, 7) is 16.4. The first kappa shape index (κ1) is 37.4. The smallest absolute Gasteiger partial charge is 0.266 e. The van der Waals surface area contributed by atoms with Crippen molar-refractivity contribution in [1.82, 2.24) is 30.4 Å². The molecule has 0 aliphatic rings. The van der Waals surface area contributed by atoms with Gasteiger partial charge in [0.05, 0.1) is 11.4 Å². The molecule has 0 aliphatic carbocycles. The number of unbranched alkanes of at least 4 members (excludes halogenated alkanes) is 2. The number of aromatic nitrogens is 4.